The minimum atomic E-state index is 0. The molecule has 1 atom stereocenters. The number of halogens is 2. The van der Waals surface area contributed by atoms with Crippen LogP contribution in [0.3, 0.4) is 0 Å². The molecule has 0 amide bonds. The molecule has 2 N–H and O–H groups in total. The van der Waals surface area contributed by atoms with Crippen LogP contribution in [0.4, 0.5) is 0 Å². The Morgan fingerprint density at radius 2 is 2.17 bits per heavy atom. The van der Waals surface area contributed by atoms with E-state index in [4.69, 9.17) is 5.73 Å². The molecule has 6 heteroatoms. The first-order chi connectivity index (χ1) is 4.75. The summed E-state index contributed by atoms with van der Waals surface area (Å²) in [4.78, 5) is 4.01. The van der Waals surface area contributed by atoms with E-state index in [1.54, 1.807) is 4.68 Å². The second kappa shape index (κ2) is 6.22. The molecule has 0 aliphatic rings. The maximum absolute atomic E-state index is 5.72. The molecule has 0 aliphatic heterocycles. The van der Waals surface area contributed by atoms with Crippen molar-refractivity contribution in [1.29, 1.82) is 0 Å². The normalized spacial score (nSPS) is 11.2. The van der Waals surface area contributed by atoms with Crippen molar-refractivity contribution in [3.8, 4) is 0 Å². The van der Waals surface area contributed by atoms with Crippen molar-refractivity contribution in [2.45, 2.75) is 19.4 Å². The van der Waals surface area contributed by atoms with E-state index in [2.05, 4.69) is 10.1 Å². The van der Waals surface area contributed by atoms with Gasteiger partial charge in [0.2, 0.25) is 0 Å². The van der Waals surface area contributed by atoms with E-state index in [0.717, 1.165) is 12.2 Å². The fourth-order valence-electron chi connectivity index (χ4n) is 0.823. The van der Waals surface area contributed by atoms with Crippen molar-refractivity contribution >= 4 is 24.8 Å². The Morgan fingerprint density at radius 3 is 2.50 bits per heavy atom. The van der Waals surface area contributed by atoms with Crippen LogP contribution in [0.5, 0.6) is 0 Å². The van der Waals surface area contributed by atoms with Gasteiger partial charge < -0.3 is 5.73 Å². The van der Waals surface area contributed by atoms with Crippen LogP contribution in [0.25, 0.3) is 0 Å². The average Bonchev–Trinajstić information content (AvgIpc) is 2.34. The molecule has 0 saturated carbocycles. The number of rotatable bonds is 2. The number of nitrogens with two attached hydrogens (primary N) is 1. The molecule has 0 spiro atoms. The molecule has 0 aliphatic carbocycles. The molecule has 1 aromatic rings. The van der Waals surface area contributed by atoms with Gasteiger partial charge in [0.1, 0.15) is 12.2 Å². The minimum absolute atomic E-state index is 0. The zero-order valence-electron chi connectivity index (χ0n) is 7.10. The van der Waals surface area contributed by atoms with E-state index < -0.39 is 0 Å². The minimum Gasteiger partial charge on any atom is -0.321 e. The van der Waals surface area contributed by atoms with Crippen LogP contribution in [0.1, 0.15) is 25.2 Å². The number of aryl methyl sites for hydroxylation is 1. The molecule has 1 aromatic heterocycles. The first-order valence-electron chi connectivity index (χ1n) is 3.35. The second-order valence-electron chi connectivity index (χ2n) is 2.26. The van der Waals surface area contributed by atoms with Gasteiger partial charge in [-0.05, 0) is 6.42 Å². The summed E-state index contributed by atoms with van der Waals surface area (Å²) in [6.07, 6.45) is 2.41. The summed E-state index contributed by atoms with van der Waals surface area (Å²) < 4.78 is 1.70. The second-order valence-corrected chi connectivity index (χ2v) is 2.26. The van der Waals surface area contributed by atoms with E-state index in [1.807, 2.05) is 14.0 Å². The smallest absolute Gasteiger partial charge is 0.143 e. The topological polar surface area (TPSA) is 56.7 Å². The van der Waals surface area contributed by atoms with Gasteiger partial charge >= 0.3 is 0 Å². The highest BCUT2D eigenvalue weighted by Crippen LogP contribution is 2.07. The van der Waals surface area contributed by atoms with E-state index in [0.29, 0.717) is 0 Å². The first kappa shape index (κ1) is 14.2. The summed E-state index contributed by atoms with van der Waals surface area (Å²) in [6, 6.07) is 0.0208. The van der Waals surface area contributed by atoms with Crippen molar-refractivity contribution in [2.75, 3.05) is 0 Å². The zero-order chi connectivity index (χ0) is 7.56. The van der Waals surface area contributed by atoms with Crippen LogP contribution in [-0.4, -0.2) is 14.8 Å². The quantitative estimate of drug-likeness (QED) is 0.799. The lowest BCUT2D eigenvalue weighted by atomic mass is 10.2. The molecular formula is C6H14Cl2N4. The molecule has 0 unspecified atom stereocenters. The van der Waals surface area contributed by atoms with E-state index >= 15 is 0 Å². The van der Waals surface area contributed by atoms with Gasteiger partial charge in [-0.2, -0.15) is 5.10 Å². The third kappa shape index (κ3) is 2.97. The van der Waals surface area contributed by atoms with Crippen LogP contribution in [0.2, 0.25) is 0 Å². The highest BCUT2D eigenvalue weighted by Gasteiger charge is 2.07. The molecule has 0 fully saturated rings. The molecule has 1 heterocycles. The van der Waals surface area contributed by atoms with Crippen molar-refractivity contribution < 1.29 is 0 Å². The third-order valence-corrected chi connectivity index (χ3v) is 1.52. The third-order valence-electron chi connectivity index (χ3n) is 1.52. The van der Waals surface area contributed by atoms with E-state index in [9.17, 15) is 0 Å². The largest absolute Gasteiger partial charge is 0.321 e. The molecular weight excluding hydrogens is 199 g/mol. The van der Waals surface area contributed by atoms with Gasteiger partial charge in [-0.15, -0.1) is 24.8 Å². The number of hydrogen-bond donors (Lipinski definition) is 1. The van der Waals surface area contributed by atoms with Crippen molar-refractivity contribution in [3.63, 3.8) is 0 Å². The molecule has 1 rings (SSSR count). The molecule has 0 aromatic carbocycles. The Morgan fingerprint density at radius 1 is 1.58 bits per heavy atom. The zero-order valence-corrected chi connectivity index (χ0v) is 8.73. The Labute approximate surface area is 84.4 Å². The van der Waals surface area contributed by atoms with Gasteiger partial charge in [0.05, 0.1) is 6.04 Å². The standard InChI is InChI=1S/C6H12N4.2ClH/c1-3-5(7)6-8-4-9-10(6)2;;/h4-5H,3,7H2,1-2H3;2*1H/t5-;;/m1../s1. The number of hydrogen-bond acceptors (Lipinski definition) is 3. The van der Waals surface area contributed by atoms with E-state index in [-0.39, 0.29) is 30.9 Å². The number of aromatic nitrogens is 3. The van der Waals surface area contributed by atoms with Gasteiger partial charge in [0, 0.05) is 7.05 Å². The lowest BCUT2D eigenvalue weighted by Crippen LogP contribution is -2.14. The summed E-state index contributed by atoms with van der Waals surface area (Å²) in [7, 11) is 1.85. The SMILES string of the molecule is CC[C@@H](N)c1ncnn1C.Cl.Cl. The summed E-state index contributed by atoms with van der Waals surface area (Å²) in [5.41, 5.74) is 5.72. The maximum Gasteiger partial charge on any atom is 0.143 e. The molecule has 0 radical (unpaired) electrons. The van der Waals surface area contributed by atoms with Crippen molar-refractivity contribution in [2.24, 2.45) is 12.8 Å². The van der Waals surface area contributed by atoms with Crippen LogP contribution in [-0.2, 0) is 7.05 Å². The highest BCUT2D eigenvalue weighted by molar-refractivity contribution is 5.85. The fraction of sp³-hybridized carbons (Fsp3) is 0.667. The highest BCUT2D eigenvalue weighted by atomic mass is 35.5. The lowest BCUT2D eigenvalue weighted by molar-refractivity contribution is 0.590. The lowest BCUT2D eigenvalue weighted by Gasteiger charge is -2.05. The summed E-state index contributed by atoms with van der Waals surface area (Å²) in [6.45, 7) is 2.03. The number of nitrogens with zero attached hydrogens (tertiary/aromatic N) is 3. The maximum atomic E-state index is 5.72. The molecule has 0 bridgehead atoms. The van der Waals surface area contributed by atoms with Gasteiger partial charge in [-0.1, -0.05) is 6.92 Å². The van der Waals surface area contributed by atoms with Gasteiger partial charge in [-0.3, -0.25) is 4.68 Å². The van der Waals surface area contributed by atoms with Crippen LogP contribution in [0.15, 0.2) is 6.33 Å². The van der Waals surface area contributed by atoms with Crippen LogP contribution >= 0.6 is 24.8 Å². The molecule has 12 heavy (non-hydrogen) atoms. The molecule has 72 valence electrons. The predicted molar refractivity (Wildman–Crippen MR) is 52.7 cm³/mol. The summed E-state index contributed by atoms with van der Waals surface area (Å²) >= 11 is 0. The summed E-state index contributed by atoms with van der Waals surface area (Å²) in [5.74, 6) is 0.850. The van der Waals surface area contributed by atoms with Crippen molar-refractivity contribution in [1.82, 2.24) is 14.8 Å². The van der Waals surface area contributed by atoms with Crippen molar-refractivity contribution in [3.05, 3.63) is 12.2 Å². The predicted octanol–water partition coefficient (Wildman–Crippen LogP) is 1.07. The average molecular weight is 213 g/mol. The summed E-state index contributed by atoms with van der Waals surface area (Å²) in [5, 5.41) is 3.91. The fourth-order valence-corrected chi connectivity index (χ4v) is 0.823. The Balaban J connectivity index is 0. The Bertz CT molecular complexity index is 213. The Kier molecular flexibility index (Phi) is 7.37. The van der Waals surface area contributed by atoms with Crippen LogP contribution in [0, 0.1) is 0 Å². The molecule has 4 nitrogen and oxygen atoms in total. The van der Waals surface area contributed by atoms with Gasteiger partial charge in [0.25, 0.3) is 0 Å². The van der Waals surface area contributed by atoms with E-state index in [1.165, 1.54) is 6.33 Å². The monoisotopic (exact) mass is 212 g/mol. The first-order valence-corrected chi connectivity index (χ1v) is 3.35. The van der Waals surface area contributed by atoms with Crippen LogP contribution < -0.4 is 5.73 Å². The van der Waals surface area contributed by atoms with Gasteiger partial charge in [-0.25, -0.2) is 4.98 Å². The Hall–Kier alpha value is -0.320. The van der Waals surface area contributed by atoms with Gasteiger partial charge in [0.15, 0.2) is 0 Å². The molecule has 0 saturated heterocycles.